The number of hydrogen-bond acceptors (Lipinski definition) is 4. The van der Waals surface area contributed by atoms with Gasteiger partial charge < -0.3 is 14.2 Å². The van der Waals surface area contributed by atoms with E-state index in [1.165, 1.54) is 0 Å². The Hall–Kier alpha value is -3.44. The lowest BCUT2D eigenvalue weighted by atomic mass is 10.1. The first-order chi connectivity index (χ1) is 15.0. The van der Waals surface area contributed by atoms with E-state index < -0.39 is 0 Å². The first-order valence-corrected chi connectivity index (χ1v) is 10.2. The molecular formula is C25H23ClN2O3. The van der Waals surface area contributed by atoms with E-state index in [1.807, 2.05) is 60.7 Å². The molecule has 0 atom stereocenters. The van der Waals surface area contributed by atoms with Crippen LogP contribution in [-0.2, 0) is 0 Å². The molecule has 4 aromatic rings. The van der Waals surface area contributed by atoms with Gasteiger partial charge in [-0.2, -0.15) is 0 Å². The molecule has 0 aliphatic heterocycles. The summed E-state index contributed by atoms with van der Waals surface area (Å²) in [5.41, 5.74) is 4.66. The highest BCUT2D eigenvalue weighted by Gasteiger charge is 2.20. The van der Waals surface area contributed by atoms with Crippen molar-refractivity contribution in [3.05, 3.63) is 77.4 Å². The number of hydrogen-bond donors (Lipinski definition) is 0. The van der Waals surface area contributed by atoms with Gasteiger partial charge in [-0.3, -0.25) is 4.57 Å². The van der Waals surface area contributed by atoms with E-state index >= 15 is 0 Å². The van der Waals surface area contributed by atoms with Crippen molar-refractivity contribution in [3.8, 4) is 45.6 Å². The predicted octanol–water partition coefficient (Wildman–Crippen LogP) is 6.19. The van der Waals surface area contributed by atoms with E-state index in [2.05, 4.69) is 11.5 Å². The molecule has 31 heavy (non-hydrogen) atoms. The Morgan fingerprint density at radius 1 is 0.742 bits per heavy atom. The zero-order valence-corrected chi connectivity index (χ0v) is 18.6. The third kappa shape index (κ3) is 3.97. The minimum absolute atomic E-state index is 0.570. The molecule has 4 rings (SSSR count). The summed E-state index contributed by atoms with van der Waals surface area (Å²) in [6.45, 7) is 2.05. The smallest absolute Gasteiger partial charge is 0.146 e. The normalized spacial score (nSPS) is 10.7. The summed E-state index contributed by atoms with van der Waals surface area (Å²) >= 11 is 6.63. The second-order valence-electron chi connectivity index (χ2n) is 6.98. The molecule has 3 aromatic carbocycles. The highest BCUT2D eigenvalue weighted by atomic mass is 35.5. The molecule has 0 saturated carbocycles. The van der Waals surface area contributed by atoms with Crippen LogP contribution in [0.25, 0.3) is 28.3 Å². The summed E-state index contributed by atoms with van der Waals surface area (Å²) < 4.78 is 18.0. The average molecular weight is 435 g/mol. The molecule has 1 heterocycles. The minimum atomic E-state index is 0.570. The van der Waals surface area contributed by atoms with Crippen molar-refractivity contribution < 1.29 is 14.2 Å². The van der Waals surface area contributed by atoms with Gasteiger partial charge >= 0.3 is 0 Å². The lowest BCUT2D eigenvalue weighted by Gasteiger charge is -2.13. The Morgan fingerprint density at radius 3 is 1.84 bits per heavy atom. The number of imidazole rings is 1. The van der Waals surface area contributed by atoms with Crippen molar-refractivity contribution in [1.82, 2.24) is 9.55 Å². The second kappa shape index (κ2) is 8.74. The number of ether oxygens (including phenoxy) is 3. The number of halogens is 1. The third-order valence-electron chi connectivity index (χ3n) is 5.22. The zero-order valence-electron chi connectivity index (χ0n) is 17.8. The Balaban J connectivity index is 1.93. The lowest BCUT2D eigenvalue weighted by Crippen LogP contribution is -2.00. The molecule has 0 spiro atoms. The predicted molar refractivity (Wildman–Crippen MR) is 124 cm³/mol. The van der Waals surface area contributed by atoms with Crippen LogP contribution in [0.1, 0.15) is 5.69 Å². The lowest BCUT2D eigenvalue weighted by molar-refractivity contribution is 0.414. The van der Waals surface area contributed by atoms with Gasteiger partial charge in [-0.25, -0.2) is 4.98 Å². The van der Waals surface area contributed by atoms with Crippen LogP contribution in [0.2, 0.25) is 5.02 Å². The van der Waals surface area contributed by atoms with Crippen LogP contribution < -0.4 is 14.2 Å². The van der Waals surface area contributed by atoms with Gasteiger partial charge in [0.1, 0.15) is 23.1 Å². The maximum atomic E-state index is 6.63. The molecule has 0 aliphatic carbocycles. The fraction of sp³-hybridized carbons (Fsp3) is 0.160. The van der Waals surface area contributed by atoms with Crippen LogP contribution in [0.3, 0.4) is 0 Å². The van der Waals surface area contributed by atoms with Crippen molar-refractivity contribution in [2.24, 2.45) is 0 Å². The molecule has 0 unspecified atom stereocenters. The highest BCUT2D eigenvalue weighted by molar-refractivity contribution is 6.33. The van der Waals surface area contributed by atoms with Gasteiger partial charge in [-0.1, -0.05) is 11.6 Å². The van der Waals surface area contributed by atoms with E-state index in [9.17, 15) is 0 Å². The zero-order chi connectivity index (χ0) is 22.0. The van der Waals surface area contributed by atoms with Crippen molar-refractivity contribution in [3.63, 3.8) is 0 Å². The van der Waals surface area contributed by atoms with Crippen LogP contribution in [0.15, 0.2) is 66.7 Å². The molecule has 0 amide bonds. The van der Waals surface area contributed by atoms with Gasteiger partial charge in [-0.05, 0) is 73.7 Å². The summed E-state index contributed by atoms with van der Waals surface area (Å²) in [6, 6.07) is 21.4. The molecule has 158 valence electrons. The highest BCUT2D eigenvalue weighted by Crippen LogP contribution is 2.37. The Labute approximate surface area is 186 Å². The minimum Gasteiger partial charge on any atom is -0.497 e. The van der Waals surface area contributed by atoms with Gasteiger partial charge in [0.2, 0.25) is 0 Å². The fourth-order valence-corrected chi connectivity index (χ4v) is 3.81. The Bertz CT molecular complexity index is 1200. The van der Waals surface area contributed by atoms with Crippen LogP contribution in [0, 0.1) is 6.92 Å². The molecular weight excluding hydrogens is 412 g/mol. The maximum Gasteiger partial charge on any atom is 0.146 e. The van der Waals surface area contributed by atoms with Crippen LogP contribution in [0.5, 0.6) is 17.2 Å². The molecule has 5 nitrogen and oxygen atoms in total. The fourth-order valence-electron chi connectivity index (χ4n) is 3.56. The van der Waals surface area contributed by atoms with Crippen molar-refractivity contribution in [2.45, 2.75) is 6.92 Å². The maximum absolute atomic E-state index is 6.63. The Kier molecular flexibility index (Phi) is 5.87. The van der Waals surface area contributed by atoms with Crippen LogP contribution >= 0.6 is 11.6 Å². The molecule has 6 heteroatoms. The van der Waals surface area contributed by atoms with Crippen LogP contribution in [0.4, 0.5) is 0 Å². The van der Waals surface area contributed by atoms with Gasteiger partial charge in [0.15, 0.2) is 0 Å². The van der Waals surface area contributed by atoms with E-state index in [0.29, 0.717) is 10.8 Å². The van der Waals surface area contributed by atoms with Gasteiger partial charge in [0.05, 0.1) is 32.0 Å². The van der Waals surface area contributed by atoms with E-state index in [4.69, 9.17) is 30.8 Å². The number of nitrogens with zero attached hydrogens (tertiary/aromatic N) is 2. The first-order valence-electron chi connectivity index (χ1n) is 9.77. The Morgan fingerprint density at radius 2 is 1.29 bits per heavy atom. The largest absolute Gasteiger partial charge is 0.497 e. The molecule has 0 saturated heterocycles. The summed E-state index contributed by atoms with van der Waals surface area (Å²) in [5, 5.41) is 0.570. The van der Waals surface area contributed by atoms with Crippen molar-refractivity contribution in [1.29, 1.82) is 0 Å². The molecule has 1 aromatic heterocycles. The van der Waals surface area contributed by atoms with Gasteiger partial charge in [-0.15, -0.1) is 0 Å². The molecule has 0 bridgehead atoms. The third-order valence-corrected chi connectivity index (χ3v) is 5.53. The number of methoxy groups -OCH3 is 3. The quantitative estimate of drug-likeness (QED) is 0.362. The van der Waals surface area contributed by atoms with E-state index in [0.717, 1.165) is 45.5 Å². The average Bonchev–Trinajstić information content (AvgIpc) is 3.15. The molecule has 0 N–H and O–H groups in total. The van der Waals surface area contributed by atoms with E-state index in [-0.39, 0.29) is 0 Å². The van der Waals surface area contributed by atoms with Crippen molar-refractivity contribution >= 4 is 11.6 Å². The van der Waals surface area contributed by atoms with Crippen molar-refractivity contribution in [2.75, 3.05) is 21.3 Å². The summed E-state index contributed by atoms with van der Waals surface area (Å²) in [6.07, 6.45) is 0. The number of rotatable bonds is 6. The van der Waals surface area contributed by atoms with Gasteiger partial charge in [0.25, 0.3) is 0 Å². The molecule has 0 radical (unpaired) electrons. The summed E-state index contributed by atoms with van der Waals surface area (Å²) in [7, 11) is 4.93. The first kappa shape index (κ1) is 20.8. The second-order valence-corrected chi connectivity index (χ2v) is 7.38. The van der Waals surface area contributed by atoms with E-state index in [1.54, 1.807) is 27.4 Å². The standard InChI is InChI=1S/C25H23ClN2O3/c1-16-24(17-5-9-19(29-2)10-6-17)27-25(22-14-13-21(31-4)15-23(22)26)28(16)18-7-11-20(30-3)12-8-18/h5-15H,1-4H3. The summed E-state index contributed by atoms with van der Waals surface area (Å²) in [4.78, 5) is 5.01. The SMILES string of the molecule is COc1ccc(-c2nc(-c3ccc(OC)cc3Cl)n(-c3ccc(OC)cc3)c2C)cc1. The number of aromatic nitrogens is 2. The van der Waals surface area contributed by atoms with Gasteiger partial charge in [0, 0.05) is 22.5 Å². The summed E-state index contributed by atoms with van der Waals surface area (Å²) in [5.74, 6) is 3.04. The number of benzene rings is 3. The monoisotopic (exact) mass is 434 g/mol. The van der Waals surface area contributed by atoms with Crippen LogP contribution in [-0.4, -0.2) is 30.9 Å². The topological polar surface area (TPSA) is 45.5 Å². The molecule has 0 fully saturated rings. The molecule has 0 aliphatic rings.